The molecule has 0 fully saturated rings. The highest BCUT2D eigenvalue weighted by Gasteiger charge is 2.15. The van der Waals surface area contributed by atoms with Gasteiger partial charge in [-0.3, -0.25) is 0 Å². The Morgan fingerprint density at radius 2 is 1.76 bits per heavy atom. The number of aromatic carboxylic acids is 1. The van der Waals surface area contributed by atoms with Gasteiger partial charge in [-0.2, -0.15) is 0 Å². The van der Waals surface area contributed by atoms with E-state index < -0.39 is 5.97 Å². The molecule has 0 radical (unpaired) electrons. The second-order valence-corrected chi connectivity index (χ2v) is 5.11. The van der Waals surface area contributed by atoms with Crippen molar-refractivity contribution in [3.63, 3.8) is 0 Å². The van der Waals surface area contributed by atoms with E-state index in [0.29, 0.717) is 5.69 Å². The van der Waals surface area contributed by atoms with E-state index in [9.17, 15) is 9.90 Å². The molecule has 0 heterocycles. The Balaban J connectivity index is 2.52. The van der Waals surface area contributed by atoms with Gasteiger partial charge in [0.1, 0.15) is 0 Å². The van der Waals surface area contributed by atoms with E-state index >= 15 is 0 Å². The van der Waals surface area contributed by atoms with E-state index in [1.165, 1.54) is 5.56 Å². The lowest BCUT2D eigenvalue weighted by Gasteiger charge is -2.25. The third kappa shape index (κ3) is 2.99. The van der Waals surface area contributed by atoms with Crippen LogP contribution in [0.15, 0.2) is 36.4 Å². The lowest BCUT2D eigenvalue weighted by molar-refractivity contribution is 0.0698. The van der Waals surface area contributed by atoms with Crippen molar-refractivity contribution >= 4 is 23.0 Å². The van der Waals surface area contributed by atoms with Crippen molar-refractivity contribution in [3.8, 4) is 0 Å². The zero-order valence-electron chi connectivity index (χ0n) is 12.6. The average Bonchev–Trinajstić information content (AvgIpc) is 2.45. The molecular formula is C17H20N2O2. The van der Waals surface area contributed by atoms with Gasteiger partial charge in [-0.25, -0.2) is 4.79 Å². The van der Waals surface area contributed by atoms with Crippen LogP contribution in [0.2, 0.25) is 0 Å². The maximum Gasteiger partial charge on any atom is 0.337 e. The fraction of sp³-hybridized carbons (Fsp3) is 0.235. The summed E-state index contributed by atoms with van der Waals surface area (Å²) in [5, 5.41) is 9.28. The van der Waals surface area contributed by atoms with Crippen molar-refractivity contribution in [1.82, 2.24) is 0 Å². The van der Waals surface area contributed by atoms with Gasteiger partial charge in [0.15, 0.2) is 0 Å². The molecule has 4 nitrogen and oxygen atoms in total. The lowest BCUT2D eigenvalue weighted by atomic mass is 10.1. The molecule has 21 heavy (non-hydrogen) atoms. The highest BCUT2D eigenvalue weighted by molar-refractivity contribution is 5.96. The molecule has 4 heteroatoms. The molecule has 2 aromatic carbocycles. The van der Waals surface area contributed by atoms with Gasteiger partial charge < -0.3 is 15.7 Å². The predicted molar refractivity (Wildman–Crippen MR) is 86.4 cm³/mol. The molecule has 0 aliphatic rings. The molecule has 2 rings (SSSR count). The monoisotopic (exact) mass is 284 g/mol. The van der Waals surface area contributed by atoms with E-state index in [0.717, 1.165) is 23.5 Å². The average molecular weight is 284 g/mol. The normalized spacial score (nSPS) is 10.4. The van der Waals surface area contributed by atoms with Crippen molar-refractivity contribution in [3.05, 3.63) is 53.1 Å². The molecule has 0 saturated heterocycles. The number of carbonyl (C=O) groups is 1. The molecule has 0 atom stereocenters. The minimum atomic E-state index is -1.00. The van der Waals surface area contributed by atoms with Crippen LogP contribution in [0, 0.1) is 13.8 Å². The van der Waals surface area contributed by atoms with Crippen LogP contribution in [0.3, 0.4) is 0 Å². The quantitative estimate of drug-likeness (QED) is 0.839. The molecule has 110 valence electrons. The van der Waals surface area contributed by atoms with E-state index in [4.69, 9.17) is 5.73 Å². The van der Waals surface area contributed by atoms with Crippen LogP contribution in [-0.2, 0) is 0 Å². The zero-order chi connectivity index (χ0) is 15.6. The third-order valence-corrected chi connectivity index (χ3v) is 3.58. The number of nitrogen functional groups attached to an aromatic ring is 1. The minimum Gasteiger partial charge on any atom is -0.478 e. The van der Waals surface area contributed by atoms with Crippen LogP contribution in [0.25, 0.3) is 0 Å². The van der Waals surface area contributed by atoms with Gasteiger partial charge in [0.2, 0.25) is 0 Å². The fourth-order valence-corrected chi connectivity index (χ4v) is 2.35. The van der Waals surface area contributed by atoms with E-state index in [2.05, 4.69) is 4.90 Å². The Bertz CT molecular complexity index is 663. The Hall–Kier alpha value is -2.49. The summed E-state index contributed by atoms with van der Waals surface area (Å²) in [6.07, 6.45) is 0. The number of nitrogens with two attached hydrogens (primary N) is 1. The maximum atomic E-state index is 11.3. The van der Waals surface area contributed by atoms with Crippen molar-refractivity contribution in [2.24, 2.45) is 0 Å². The number of rotatable bonds is 4. The summed E-state index contributed by atoms with van der Waals surface area (Å²) >= 11 is 0. The summed E-state index contributed by atoms with van der Waals surface area (Å²) in [7, 11) is 0. The van der Waals surface area contributed by atoms with E-state index in [1.54, 1.807) is 6.07 Å². The van der Waals surface area contributed by atoms with Crippen molar-refractivity contribution in [2.75, 3.05) is 17.2 Å². The second-order valence-electron chi connectivity index (χ2n) is 5.11. The highest BCUT2D eigenvalue weighted by atomic mass is 16.4. The number of aryl methyl sites for hydroxylation is 2. The number of carboxylic acids is 1. The summed E-state index contributed by atoms with van der Waals surface area (Å²) in [6.45, 7) is 6.64. The Morgan fingerprint density at radius 1 is 1.14 bits per heavy atom. The topological polar surface area (TPSA) is 66.6 Å². The van der Waals surface area contributed by atoms with Gasteiger partial charge in [-0.1, -0.05) is 17.7 Å². The smallest absolute Gasteiger partial charge is 0.337 e. The number of nitrogens with zero attached hydrogens (tertiary/aromatic N) is 1. The highest BCUT2D eigenvalue weighted by Crippen LogP contribution is 2.30. The molecule has 0 aliphatic heterocycles. The van der Waals surface area contributed by atoms with Gasteiger partial charge >= 0.3 is 5.97 Å². The van der Waals surface area contributed by atoms with Crippen LogP contribution in [0.1, 0.15) is 28.4 Å². The molecule has 0 aliphatic carbocycles. The van der Waals surface area contributed by atoms with Gasteiger partial charge in [0, 0.05) is 23.6 Å². The Kier molecular flexibility index (Phi) is 4.17. The first-order valence-corrected chi connectivity index (χ1v) is 6.91. The predicted octanol–water partition coefficient (Wildman–Crippen LogP) is 3.74. The van der Waals surface area contributed by atoms with Crippen molar-refractivity contribution in [2.45, 2.75) is 20.8 Å². The molecule has 0 saturated carbocycles. The minimum absolute atomic E-state index is 0.149. The molecule has 0 bridgehead atoms. The van der Waals surface area contributed by atoms with E-state index in [1.807, 2.05) is 51.1 Å². The van der Waals surface area contributed by atoms with Gasteiger partial charge in [0.05, 0.1) is 5.56 Å². The SMILES string of the molecule is CCN(c1ccc(C)cc1)c1cc(C)c(N)c(C(=O)O)c1. The van der Waals surface area contributed by atoms with Gasteiger partial charge in [-0.15, -0.1) is 0 Å². The first-order chi connectivity index (χ1) is 9.93. The summed E-state index contributed by atoms with van der Waals surface area (Å²) in [4.78, 5) is 13.4. The van der Waals surface area contributed by atoms with Crippen LogP contribution in [0.5, 0.6) is 0 Å². The number of carboxylic acid groups (broad SMARTS) is 1. The number of benzene rings is 2. The summed E-state index contributed by atoms with van der Waals surface area (Å²) in [6, 6.07) is 11.7. The first kappa shape index (κ1) is 14.9. The number of anilines is 3. The summed E-state index contributed by atoms with van der Waals surface area (Å²) in [5.41, 5.74) is 10.2. The third-order valence-electron chi connectivity index (χ3n) is 3.58. The summed E-state index contributed by atoms with van der Waals surface area (Å²) < 4.78 is 0. The van der Waals surface area contributed by atoms with E-state index in [-0.39, 0.29) is 5.56 Å². The van der Waals surface area contributed by atoms with Gasteiger partial charge in [-0.05, 0) is 50.6 Å². The Morgan fingerprint density at radius 3 is 2.29 bits per heavy atom. The molecule has 0 amide bonds. The molecule has 0 spiro atoms. The van der Waals surface area contributed by atoms with Crippen LogP contribution >= 0.6 is 0 Å². The molecule has 0 unspecified atom stereocenters. The summed E-state index contributed by atoms with van der Waals surface area (Å²) in [5.74, 6) is -1.00. The van der Waals surface area contributed by atoms with Crippen LogP contribution in [-0.4, -0.2) is 17.6 Å². The number of hydrogen-bond acceptors (Lipinski definition) is 3. The molecule has 3 N–H and O–H groups in total. The molecule has 2 aromatic rings. The van der Waals surface area contributed by atoms with Crippen molar-refractivity contribution in [1.29, 1.82) is 0 Å². The van der Waals surface area contributed by atoms with Crippen LogP contribution in [0.4, 0.5) is 17.1 Å². The standard InChI is InChI=1S/C17H20N2O2/c1-4-19(13-7-5-11(2)6-8-13)14-9-12(3)16(18)15(10-14)17(20)21/h5-10H,4,18H2,1-3H3,(H,20,21). The Labute approximate surface area is 124 Å². The maximum absolute atomic E-state index is 11.3. The largest absolute Gasteiger partial charge is 0.478 e. The second kappa shape index (κ2) is 5.87. The molecule has 0 aromatic heterocycles. The van der Waals surface area contributed by atoms with Gasteiger partial charge in [0.25, 0.3) is 0 Å². The van der Waals surface area contributed by atoms with Crippen LogP contribution < -0.4 is 10.6 Å². The van der Waals surface area contributed by atoms with Crippen molar-refractivity contribution < 1.29 is 9.90 Å². The zero-order valence-corrected chi connectivity index (χ0v) is 12.6. The molecular weight excluding hydrogens is 264 g/mol. The number of hydrogen-bond donors (Lipinski definition) is 2. The fourth-order valence-electron chi connectivity index (χ4n) is 2.35. The first-order valence-electron chi connectivity index (χ1n) is 6.91. The lowest BCUT2D eigenvalue weighted by Crippen LogP contribution is -2.17.